The van der Waals surface area contributed by atoms with E-state index in [1.165, 1.54) is 24.3 Å². The summed E-state index contributed by atoms with van der Waals surface area (Å²) in [7, 11) is 0. The van der Waals surface area contributed by atoms with E-state index in [-0.39, 0.29) is 42.0 Å². The van der Waals surface area contributed by atoms with Gasteiger partial charge < -0.3 is 8.97 Å². The van der Waals surface area contributed by atoms with Crippen LogP contribution in [0.4, 0.5) is 17.6 Å². The monoisotopic (exact) mass is 571 g/mol. The second-order valence-electron chi connectivity index (χ2n) is 9.71. The van der Waals surface area contributed by atoms with Crippen LogP contribution in [0.5, 0.6) is 0 Å². The van der Waals surface area contributed by atoms with Crippen molar-refractivity contribution in [2.24, 2.45) is 5.41 Å². The Kier molecular flexibility index (Phi) is 6.39. The van der Waals surface area contributed by atoms with E-state index < -0.39 is 34.3 Å². The van der Waals surface area contributed by atoms with Gasteiger partial charge in [-0.25, -0.2) is 9.07 Å². The molecule has 0 bridgehead atoms. The summed E-state index contributed by atoms with van der Waals surface area (Å²) in [4.78, 5) is 14.2. The highest BCUT2D eigenvalue weighted by molar-refractivity contribution is 7.89. The molecule has 2 aromatic heterocycles. The summed E-state index contributed by atoms with van der Waals surface area (Å²) in [6.45, 7) is 1.86. The van der Waals surface area contributed by atoms with Crippen LogP contribution in [0.1, 0.15) is 39.8 Å². The van der Waals surface area contributed by atoms with Crippen molar-refractivity contribution < 1.29 is 31.3 Å². The van der Waals surface area contributed by atoms with Gasteiger partial charge in [-0.15, -0.1) is 14.5 Å². The zero-order valence-electron chi connectivity index (χ0n) is 21.0. The van der Waals surface area contributed by atoms with Crippen LogP contribution in [0, 0.1) is 18.2 Å². The lowest BCUT2D eigenvalue weighted by atomic mass is 9.66. The highest BCUT2D eigenvalue weighted by Gasteiger charge is 2.53. The SMILES string of the molecule is Cc1nnc(C(=O)C23Cc4cnn(-c5ccc(F)cc5)c4C=C2CCN([S+]([O-])c2ccc(C(F)(F)F)cc2)C3)o1. The van der Waals surface area contributed by atoms with Crippen LogP contribution >= 0.6 is 0 Å². The second kappa shape index (κ2) is 9.68. The predicted molar refractivity (Wildman–Crippen MR) is 135 cm³/mol. The lowest BCUT2D eigenvalue weighted by Crippen LogP contribution is -2.53. The van der Waals surface area contributed by atoms with Gasteiger partial charge in [0.15, 0.2) is 4.90 Å². The fourth-order valence-electron chi connectivity index (χ4n) is 5.25. The minimum Gasteiger partial charge on any atom is -0.593 e. The summed E-state index contributed by atoms with van der Waals surface area (Å²) in [6, 6.07) is 10.0. The molecule has 206 valence electrons. The van der Waals surface area contributed by atoms with Crippen LogP contribution in [-0.4, -0.2) is 47.7 Å². The summed E-state index contributed by atoms with van der Waals surface area (Å²) in [5.74, 6) is -0.781. The summed E-state index contributed by atoms with van der Waals surface area (Å²) in [5, 5.41) is 12.2. The van der Waals surface area contributed by atoms with Gasteiger partial charge in [0.25, 0.3) is 5.89 Å². The third-order valence-corrected chi connectivity index (χ3v) is 8.68. The smallest absolute Gasteiger partial charge is 0.416 e. The number of ketones is 1. The number of piperidine rings is 1. The Hall–Kier alpha value is -3.81. The number of hydrogen-bond acceptors (Lipinski definition) is 7. The lowest BCUT2D eigenvalue weighted by molar-refractivity contribution is -0.137. The molecule has 1 aliphatic carbocycles. The van der Waals surface area contributed by atoms with Crippen LogP contribution in [0.15, 0.2) is 69.6 Å². The molecule has 1 saturated heterocycles. The highest BCUT2D eigenvalue weighted by Crippen LogP contribution is 2.47. The molecule has 2 unspecified atom stereocenters. The largest absolute Gasteiger partial charge is 0.593 e. The van der Waals surface area contributed by atoms with Gasteiger partial charge in [-0.3, -0.25) is 4.79 Å². The normalized spacial score (nSPS) is 20.0. The average Bonchev–Trinajstić information content (AvgIpc) is 3.56. The van der Waals surface area contributed by atoms with Gasteiger partial charge in [-0.05, 0) is 73.0 Å². The molecule has 2 aromatic carbocycles. The van der Waals surface area contributed by atoms with Crippen molar-refractivity contribution in [2.75, 3.05) is 13.1 Å². The Morgan fingerprint density at radius 1 is 1.10 bits per heavy atom. The number of nitrogens with zero attached hydrogens (tertiary/aromatic N) is 5. The molecule has 1 fully saturated rings. The molecule has 3 heterocycles. The fraction of sp³-hybridized carbons (Fsp3) is 0.259. The van der Waals surface area contributed by atoms with E-state index >= 15 is 0 Å². The number of aryl methyl sites for hydroxylation is 1. The molecule has 0 N–H and O–H groups in total. The van der Waals surface area contributed by atoms with Crippen LogP contribution in [0.3, 0.4) is 0 Å². The number of fused-ring (bicyclic) bond motifs is 2. The van der Waals surface area contributed by atoms with E-state index in [9.17, 15) is 26.9 Å². The Morgan fingerprint density at radius 3 is 2.48 bits per heavy atom. The minimum absolute atomic E-state index is 0.00783. The number of halogens is 4. The van der Waals surface area contributed by atoms with Crippen LogP contribution in [0.2, 0.25) is 0 Å². The molecular formula is C27H21F4N5O3S. The maximum Gasteiger partial charge on any atom is 0.416 e. The number of benzene rings is 2. The number of alkyl halides is 3. The van der Waals surface area contributed by atoms with Crippen LogP contribution in [-0.2, 0) is 24.0 Å². The Bertz CT molecular complexity index is 1610. The quantitative estimate of drug-likeness (QED) is 0.190. The van der Waals surface area contributed by atoms with Crippen molar-refractivity contribution in [3.05, 3.63) is 94.7 Å². The average molecular weight is 572 g/mol. The Labute approximate surface area is 228 Å². The first kappa shape index (κ1) is 26.4. The zero-order chi connectivity index (χ0) is 28.2. The standard InChI is InChI=1S/C27H21F4N5O3S/c1-16-33-34-25(39-16)24(37)26-13-17-14-32-36(21-6-4-20(28)5-7-21)23(17)12-19(26)10-11-35(15-26)40(38)22-8-2-18(3-9-22)27(29,30)31/h2-9,12,14H,10-11,13,15H2,1H3. The molecule has 0 radical (unpaired) electrons. The van der Waals surface area contributed by atoms with Gasteiger partial charge >= 0.3 is 6.18 Å². The van der Waals surface area contributed by atoms with Gasteiger partial charge in [-0.1, -0.05) is 5.57 Å². The van der Waals surface area contributed by atoms with Crippen molar-refractivity contribution >= 4 is 23.2 Å². The van der Waals surface area contributed by atoms with Crippen molar-refractivity contribution in [3.63, 3.8) is 0 Å². The first-order chi connectivity index (χ1) is 19.0. The van der Waals surface area contributed by atoms with Gasteiger partial charge in [0, 0.05) is 13.5 Å². The first-order valence-electron chi connectivity index (χ1n) is 12.3. The first-order valence-corrected chi connectivity index (χ1v) is 13.4. The third-order valence-electron chi connectivity index (χ3n) is 7.22. The van der Waals surface area contributed by atoms with E-state index in [0.717, 1.165) is 29.0 Å². The Morgan fingerprint density at radius 2 is 1.82 bits per heavy atom. The number of rotatable bonds is 5. The lowest BCUT2D eigenvalue weighted by Gasteiger charge is -2.43. The van der Waals surface area contributed by atoms with Crippen LogP contribution in [0.25, 0.3) is 11.8 Å². The number of hydrogen-bond donors (Lipinski definition) is 0. The summed E-state index contributed by atoms with van der Waals surface area (Å²) in [5.41, 5.74) is 0.817. The second-order valence-corrected chi connectivity index (χ2v) is 11.2. The minimum atomic E-state index is -4.51. The van der Waals surface area contributed by atoms with Crippen molar-refractivity contribution in [1.29, 1.82) is 0 Å². The van der Waals surface area contributed by atoms with E-state index in [1.54, 1.807) is 34.2 Å². The number of carbonyl (C=O) groups excluding carboxylic acids is 1. The van der Waals surface area contributed by atoms with E-state index in [4.69, 9.17) is 4.42 Å². The van der Waals surface area contributed by atoms with E-state index in [0.29, 0.717) is 12.1 Å². The summed E-state index contributed by atoms with van der Waals surface area (Å²) >= 11 is -1.83. The molecule has 2 atom stereocenters. The van der Waals surface area contributed by atoms with Gasteiger partial charge in [-0.2, -0.15) is 18.3 Å². The molecule has 40 heavy (non-hydrogen) atoms. The number of aromatic nitrogens is 4. The molecule has 4 aromatic rings. The Balaban J connectivity index is 1.37. The van der Waals surface area contributed by atoms with Crippen molar-refractivity contribution in [1.82, 2.24) is 24.3 Å². The molecule has 0 saturated carbocycles. The van der Waals surface area contributed by atoms with Crippen molar-refractivity contribution in [3.8, 4) is 5.69 Å². The van der Waals surface area contributed by atoms with E-state index in [2.05, 4.69) is 15.3 Å². The molecule has 6 rings (SSSR count). The number of Topliss-reactive ketones (excluding diaryl/α,β-unsaturated/α-hetero) is 1. The molecule has 13 heteroatoms. The maximum absolute atomic E-state index is 14.0. The molecule has 2 aliphatic rings. The zero-order valence-corrected chi connectivity index (χ0v) is 21.8. The molecular weight excluding hydrogens is 550 g/mol. The van der Waals surface area contributed by atoms with Gasteiger partial charge in [0.05, 0.1) is 46.5 Å². The molecule has 1 aliphatic heterocycles. The molecule has 0 amide bonds. The van der Waals surface area contributed by atoms with Gasteiger partial charge in [0.1, 0.15) is 5.82 Å². The topological polar surface area (TPSA) is 100 Å². The third kappa shape index (κ3) is 4.53. The van der Waals surface area contributed by atoms with E-state index in [1.807, 2.05) is 6.08 Å². The van der Waals surface area contributed by atoms with Crippen molar-refractivity contribution in [2.45, 2.75) is 30.8 Å². The summed E-state index contributed by atoms with van der Waals surface area (Å²) in [6.07, 6.45) is -0.474. The highest BCUT2D eigenvalue weighted by atomic mass is 32.2. The maximum atomic E-state index is 14.0. The number of carbonyl (C=O) groups is 1. The predicted octanol–water partition coefficient (Wildman–Crippen LogP) is 4.96. The van der Waals surface area contributed by atoms with Crippen LogP contribution < -0.4 is 0 Å². The van der Waals surface area contributed by atoms with Gasteiger partial charge in [0.2, 0.25) is 11.7 Å². The molecule has 0 spiro atoms. The molecule has 8 nitrogen and oxygen atoms in total. The fourth-order valence-corrected chi connectivity index (χ4v) is 6.51. The summed E-state index contributed by atoms with van der Waals surface area (Å²) < 4.78 is 74.9.